The average Bonchev–Trinajstić information content (AvgIpc) is 2.26. The molecule has 0 unspecified atom stereocenters. The minimum absolute atomic E-state index is 0.0841. The van der Waals surface area contributed by atoms with Gasteiger partial charge in [-0.25, -0.2) is 4.98 Å². The molecule has 0 spiro atoms. The highest BCUT2D eigenvalue weighted by Crippen LogP contribution is 2.29. The van der Waals surface area contributed by atoms with Crippen LogP contribution in [0.1, 0.15) is 10.4 Å². The van der Waals surface area contributed by atoms with Gasteiger partial charge in [0.25, 0.3) is 5.91 Å². The summed E-state index contributed by atoms with van der Waals surface area (Å²) >= 11 is 5.46. The first-order valence-electron chi connectivity index (χ1n) is 4.69. The van der Waals surface area contributed by atoms with Crippen LogP contribution in [0.15, 0.2) is 12.3 Å². The van der Waals surface area contributed by atoms with Gasteiger partial charge in [0.2, 0.25) is 0 Å². The Morgan fingerprint density at radius 2 is 2.22 bits per heavy atom. The summed E-state index contributed by atoms with van der Waals surface area (Å²) in [7, 11) is 0. The van der Waals surface area contributed by atoms with Crippen LogP contribution in [-0.4, -0.2) is 28.7 Å². The third kappa shape index (κ3) is 5.01. The summed E-state index contributed by atoms with van der Waals surface area (Å²) in [6.45, 7) is -0.106. The zero-order chi connectivity index (χ0) is 13.8. The van der Waals surface area contributed by atoms with Gasteiger partial charge in [0.15, 0.2) is 0 Å². The average molecular weight is 300 g/mol. The van der Waals surface area contributed by atoms with Crippen LogP contribution >= 0.6 is 23.4 Å². The van der Waals surface area contributed by atoms with Gasteiger partial charge in [0.1, 0.15) is 5.82 Å². The normalized spacial score (nSPS) is 11.3. The van der Waals surface area contributed by atoms with Crippen LogP contribution in [-0.2, 0) is 0 Å². The number of carbonyl (C=O) groups is 1. The Bertz CT molecular complexity index is 442. The number of rotatable bonds is 4. The molecule has 0 saturated carbocycles. The first kappa shape index (κ1) is 14.9. The highest BCUT2D eigenvalue weighted by molar-refractivity contribution is 8.00. The fraction of sp³-hybridized carbons (Fsp3) is 0.333. The van der Waals surface area contributed by atoms with Crippen LogP contribution in [0.4, 0.5) is 19.0 Å². The second kappa shape index (κ2) is 6.14. The first-order chi connectivity index (χ1) is 8.29. The van der Waals surface area contributed by atoms with Gasteiger partial charge in [0, 0.05) is 18.5 Å². The number of anilines is 1. The lowest BCUT2D eigenvalue weighted by Gasteiger charge is -2.07. The summed E-state index contributed by atoms with van der Waals surface area (Å²) < 4.78 is 35.4. The second-order valence-electron chi connectivity index (χ2n) is 3.14. The minimum atomic E-state index is -4.29. The Morgan fingerprint density at radius 1 is 1.56 bits per heavy atom. The van der Waals surface area contributed by atoms with Crippen molar-refractivity contribution in [1.29, 1.82) is 0 Å². The SMILES string of the molecule is Nc1ncc(C(=O)NCCSC(F)(F)F)cc1Cl. The number of thioether (sulfide) groups is 1. The van der Waals surface area contributed by atoms with Crippen LogP contribution in [0, 0.1) is 0 Å². The Labute approximate surface area is 110 Å². The molecule has 18 heavy (non-hydrogen) atoms. The molecule has 0 saturated heterocycles. The van der Waals surface area contributed by atoms with E-state index < -0.39 is 11.4 Å². The van der Waals surface area contributed by atoms with Crippen molar-refractivity contribution in [1.82, 2.24) is 10.3 Å². The van der Waals surface area contributed by atoms with Crippen LogP contribution in [0.25, 0.3) is 0 Å². The zero-order valence-electron chi connectivity index (χ0n) is 8.92. The van der Waals surface area contributed by atoms with Gasteiger partial charge in [-0.05, 0) is 17.8 Å². The fourth-order valence-electron chi connectivity index (χ4n) is 1.01. The summed E-state index contributed by atoms with van der Waals surface area (Å²) in [5.41, 5.74) is 1.21. The molecular weight excluding hydrogens is 291 g/mol. The van der Waals surface area contributed by atoms with Crippen molar-refractivity contribution in [2.45, 2.75) is 5.51 Å². The molecule has 100 valence electrons. The largest absolute Gasteiger partial charge is 0.441 e. The van der Waals surface area contributed by atoms with E-state index in [-0.39, 0.29) is 40.5 Å². The molecule has 1 heterocycles. The van der Waals surface area contributed by atoms with Gasteiger partial charge in [-0.3, -0.25) is 4.79 Å². The maximum Gasteiger partial charge on any atom is 0.441 e. The van der Waals surface area contributed by atoms with E-state index in [2.05, 4.69) is 10.3 Å². The van der Waals surface area contributed by atoms with Crippen LogP contribution in [0.5, 0.6) is 0 Å². The lowest BCUT2D eigenvalue weighted by molar-refractivity contribution is -0.0327. The molecule has 0 fully saturated rings. The van der Waals surface area contributed by atoms with E-state index in [0.29, 0.717) is 0 Å². The maximum atomic E-state index is 11.8. The molecule has 0 atom stereocenters. The van der Waals surface area contributed by atoms with Crippen molar-refractivity contribution in [3.05, 3.63) is 22.8 Å². The van der Waals surface area contributed by atoms with Gasteiger partial charge >= 0.3 is 5.51 Å². The van der Waals surface area contributed by atoms with Crippen LogP contribution < -0.4 is 11.1 Å². The van der Waals surface area contributed by atoms with Crippen molar-refractivity contribution in [2.75, 3.05) is 18.0 Å². The van der Waals surface area contributed by atoms with E-state index in [1.165, 1.54) is 12.3 Å². The molecule has 1 aromatic heterocycles. The number of pyridine rings is 1. The van der Waals surface area contributed by atoms with E-state index in [0.717, 1.165) is 0 Å². The van der Waals surface area contributed by atoms with Crippen molar-refractivity contribution >= 4 is 35.1 Å². The summed E-state index contributed by atoms with van der Waals surface area (Å²) in [6, 6.07) is 1.30. The zero-order valence-corrected chi connectivity index (χ0v) is 10.5. The Hall–Kier alpha value is -1.15. The number of hydrogen-bond acceptors (Lipinski definition) is 4. The van der Waals surface area contributed by atoms with Crippen molar-refractivity contribution in [3.8, 4) is 0 Å². The quantitative estimate of drug-likeness (QED) is 0.837. The number of carbonyl (C=O) groups excluding carboxylic acids is 1. The number of nitrogens with one attached hydrogen (secondary N) is 1. The molecule has 3 N–H and O–H groups in total. The number of alkyl halides is 3. The maximum absolute atomic E-state index is 11.8. The van der Waals surface area contributed by atoms with Gasteiger partial charge in [0.05, 0.1) is 10.6 Å². The lowest BCUT2D eigenvalue weighted by atomic mass is 10.2. The monoisotopic (exact) mass is 299 g/mol. The molecule has 1 rings (SSSR count). The lowest BCUT2D eigenvalue weighted by Crippen LogP contribution is -2.26. The number of hydrogen-bond donors (Lipinski definition) is 2. The smallest absolute Gasteiger partial charge is 0.382 e. The molecule has 9 heteroatoms. The third-order valence-electron chi connectivity index (χ3n) is 1.79. The summed E-state index contributed by atoms with van der Waals surface area (Å²) in [6.07, 6.45) is 1.20. The Balaban J connectivity index is 2.43. The number of halogens is 4. The van der Waals surface area contributed by atoms with E-state index in [1.807, 2.05) is 0 Å². The van der Waals surface area contributed by atoms with Crippen molar-refractivity contribution < 1.29 is 18.0 Å². The van der Waals surface area contributed by atoms with E-state index in [4.69, 9.17) is 17.3 Å². The molecule has 4 nitrogen and oxygen atoms in total. The first-order valence-corrected chi connectivity index (χ1v) is 6.06. The van der Waals surface area contributed by atoms with E-state index in [9.17, 15) is 18.0 Å². The molecular formula is C9H9ClF3N3OS. The Kier molecular flexibility index (Phi) is 5.09. The van der Waals surface area contributed by atoms with Crippen molar-refractivity contribution in [3.63, 3.8) is 0 Å². The molecule has 0 aliphatic rings. The van der Waals surface area contributed by atoms with Crippen molar-refractivity contribution in [2.24, 2.45) is 0 Å². The highest BCUT2D eigenvalue weighted by atomic mass is 35.5. The van der Waals surface area contributed by atoms with Crippen LogP contribution in [0.3, 0.4) is 0 Å². The molecule has 0 bridgehead atoms. The van der Waals surface area contributed by atoms with E-state index in [1.54, 1.807) is 0 Å². The highest BCUT2D eigenvalue weighted by Gasteiger charge is 2.27. The van der Waals surface area contributed by atoms with Gasteiger partial charge in [-0.15, -0.1) is 0 Å². The summed E-state index contributed by atoms with van der Waals surface area (Å²) in [5, 5.41) is 2.44. The fourth-order valence-corrected chi connectivity index (χ4v) is 1.61. The summed E-state index contributed by atoms with van der Waals surface area (Å²) in [4.78, 5) is 15.2. The number of amides is 1. The van der Waals surface area contributed by atoms with Gasteiger partial charge in [-0.1, -0.05) is 11.6 Å². The Morgan fingerprint density at radius 3 is 2.78 bits per heavy atom. The molecule has 1 amide bonds. The predicted octanol–water partition coefficient (Wildman–Crippen LogP) is 2.30. The van der Waals surface area contributed by atoms with Gasteiger partial charge < -0.3 is 11.1 Å². The topological polar surface area (TPSA) is 68.0 Å². The molecule has 1 aromatic rings. The van der Waals surface area contributed by atoms with E-state index >= 15 is 0 Å². The molecule has 0 aliphatic carbocycles. The third-order valence-corrected chi connectivity index (χ3v) is 2.82. The molecule has 0 aromatic carbocycles. The number of nitrogens with zero attached hydrogens (tertiary/aromatic N) is 1. The predicted molar refractivity (Wildman–Crippen MR) is 64.5 cm³/mol. The summed E-state index contributed by atoms with van der Waals surface area (Å²) in [5.74, 6) is -0.723. The minimum Gasteiger partial charge on any atom is -0.382 e. The van der Waals surface area contributed by atoms with Gasteiger partial charge in [-0.2, -0.15) is 13.2 Å². The van der Waals surface area contributed by atoms with Crippen LogP contribution in [0.2, 0.25) is 5.02 Å². The standard InChI is InChI=1S/C9H9ClF3N3OS/c10-6-3-5(4-16-7(6)14)8(17)15-1-2-18-9(11,12)13/h3-4H,1-2H2,(H2,14,16)(H,15,17). The number of aromatic nitrogens is 1. The molecule has 0 radical (unpaired) electrons. The number of nitrogens with two attached hydrogens (primary N) is 1. The number of nitrogen functional groups attached to an aromatic ring is 1. The second-order valence-corrected chi connectivity index (χ2v) is 4.71. The molecule has 0 aliphatic heterocycles.